The van der Waals surface area contributed by atoms with Crippen LogP contribution in [-0.2, 0) is 9.53 Å². The number of nitrogens with one attached hydrogen (secondary N) is 1. The zero-order valence-corrected chi connectivity index (χ0v) is 9.60. The fraction of sp³-hybridized carbons (Fsp3) is 0.333. The molecule has 0 unspecified atom stereocenters. The Hall–Kier alpha value is -2.04. The molecular formula is C12H15NO4. The molecule has 0 bridgehead atoms. The molecule has 0 spiro atoms. The number of carbonyl (C=O) groups is 2. The molecule has 0 aliphatic heterocycles. The van der Waals surface area contributed by atoms with Crippen LogP contribution in [0.15, 0.2) is 24.3 Å². The average Bonchev–Trinajstić information content (AvgIpc) is 2.30. The highest BCUT2D eigenvalue weighted by atomic mass is 16.5. The number of anilines is 1. The zero-order chi connectivity index (χ0) is 12.7. The third-order valence-corrected chi connectivity index (χ3v) is 2.07. The van der Waals surface area contributed by atoms with E-state index in [9.17, 15) is 9.59 Å². The van der Waals surface area contributed by atoms with Gasteiger partial charge in [-0.3, -0.25) is 4.79 Å². The first-order valence-corrected chi connectivity index (χ1v) is 5.36. The van der Waals surface area contributed by atoms with Crippen LogP contribution in [0.5, 0.6) is 0 Å². The van der Waals surface area contributed by atoms with Gasteiger partial charge in [0.15, 0.2) is 0 Å². The fourth-order valence-corrected chi connectivity index (χ4v) is 1.30. The van der Waals surface area contributed by atoms with Crippen LogP contribution in [0.25, 0.3) is 0 Å². The molecule has 0 atom stereocenters. The predicted octanol–water partition coefficient (Wildman–Crippen LogP) is 1.75. The number of hydrogen-bond acceptors (Lipinski definition) is 4. The summed E-state index contributed by atoms with van der Waals surface area (Å²) >= 11 is 0. The Labute approximate surface area is 99.4 Å². The molecule has 0 saturated heterocycles. The molecule has 0 heterocycles. The maximum Gasteiger partial charge on any atom is 0.335 e. The maximum absolute atomic E-state index is 11.1. The van der Waals surface area contributed by atoms with E-state index in [4.69, 9.17) is 9.84 Å². The molecule has 0 aliphatic carbocycles. The number of ether oxygens (including phenoxy) is 1. The summed E-state index contributed by atoms with van der Waals surface area (Å²) in [5.74, 6) is -1.24. The van der Waals surface area contributed by atoms with Crippen molar-refractivity contribution in [3.8, 4) is 0 Å². The second kappa shape index (κ2) is 6.52. The van der Waals surface area contributed by atoms with Crippen molar-refractivity contribution in [2.45, 2.75) is 13.3 Å². The summed E-state index contributed by atoms with van der Waals surface area (Å²) in [7, 11) is 0. The van der Waals surface area contributed by atoms with Crippen molar-refractivity contribution in [1.29, 1.82) is 0 Å². The monoisotopic (exact) mass is 237 g/mol. The summed E-state index contributed by atoms with van der Waals surface area (Å²) in [4.78, 5) is 21.8. The van der Waals surface area contributed by atoms with Gasteiger partial charge in [0.05, 0.1) is 18.6 Å². The van der Waals surface area contributed by atoms with Gasteiger partial charge in [-0.15, -0.1) is 0 Å². The van der Waals surface area contributed by atoms with Gasteiger partial charge in [0.2, 0.25) is 0 Å². The van der Waals surface area contributed by atoms with Gasteiger partial charge >= 0.3 is 11.9 Å². The van der Waals surface area contributed by atoms with Crippen molar-refractivity contribution >= 4 is 17.6 Å². The molecule has 2 N–H and O–H groups in total. The third-order valence-electron chi connectivity index (χ3n) is 2.07. The Bertz CT molecular complexity index is 403. The van der Waals surface area contributed by atoms with E-state index >= 15 is 0 Å². The molecule has 92 valence electrons. The van der Waals surface area contributed by atoms with Gasteiger partial charge in [-0.25, -0.2) is 4.79 Å². The highest BCUT2D eigenvalue weighted by Crippen LogP contribution is 2.10. The lowest BCUT2D eigenvalue weighted by atomic mass is 10.2. The molecule has 1 rings (SSSR count). The molecule has 0 fully saturated rings. The Morgan fingerprint density at radius 3 is 2.82 bits per heavy atom. The van der Waals surface area contributed by atoms with Crippen LogP contribution in [-0.4, -0.2) is 30.2 Å². The minimum absolute atomic E-state index is 0.214. The van der Waals surface area contributed by atoms with E-state index in [2.05, 4.69) is 5.32 Å². The van der Waals surface area contributed by atoms with Crippen molar-refractivity contribution in [2.75, 3.05) is 18.5 Å². The second-order valence-electron chi connectivity index (χ2n) is 3.37. The van der Waals surface area contributed by atoms with Crippen LogP contribution in [0.3, 0.4) is 0 Å². The normalized spacial score (nSPS) is 9.71. The van der Waals surface area contributed by atoms with Crippen molar-refractivity contribution in [2.24, 2.45) is 0 Å². The Balaban J connectivity index is 2.44. The van der Waals surface area contributed by atoms with Gasteiger partial charge in [0.25, 0.3) is 0 Å². The smallest absolute Gasteiger partial charge is 0.335 e. The van der Waals surface area contributed by atoms with Gasteiger partial charge in [-0.05, 0) is 25.1 Å². The number of carboxylic acids is 1. The highest BCUT2D eigenvalue weighted by Gasteiger charge is 2.04. The fourth-order valence-electron chi connectivity index (χ4n) is 1.30. The van der Waals surface area contributed by atoms with E-state index in [-0.39, 0.29) is 18.0 Å². The summed E-state index contributed by atoms with van der Waals surface area (Å²) in [6.07, 6.45) is 0.255. The van der Waals surface area contributed by atoms with Gasteiger partial charge in [0.1, 0.15) is 0 Å². The van der Waals surface area contributed by atoms with Crippen LogP contribution < -0.4 is 5.32 Å². The lowest BCUT2D eigenvalue weighted by Crippen LogP contribution is -2.11. The van der Waals surface area contributed by atoms with Crippen molar-refractivity contribution < 1.29 is 19.4 Å². The first-order chi connectivity index (χ1) is 8.13. The summed E-state index contributed by atoms with van der Waals surface area (Å²) in [6, 6.07) is 6.43. The van der Waals surface area contributed by atoms with Gasteiger partial charge < -0.3 is 15.2 Å². The quantitative estimate of drug-likeness (QED) is 0.737. The zero-order valence-electron chi connectivity index (χ0n) is 9.60. The predicted molar refractivity (Wildman–Crippen MR) is 63.1 cm³/mol. The summed E-state index contributed by atoms with van der Waals surface area (Å²) in [6.45, 7) is 2.54. The molecule has 17 heavy (non-hydrogen) atoms. The molecule has 0 amide bonds. The molecule has 0 radical (unpaired) electrons. The Kier molecular flexibility index (Phi) is 5.00. The van der Waals surface area contributed by atoms with Crippen molar-refractivity contribution in [3.05, 3.63) is 29.8 Å². The van der Waals surface area contributed by atoms with Gasteiger partial charge in [-0.2, -0.15) is 0 Å². The van der Waals surface area contributed by atoms with Crippen LogP contribution >= 0.6 is 0 Å². The molecule has 0 aliphatic rings. The maximum atomic E-state index is 11.1. The highest BCUT2D eigenvalue weighted by molar-refractivity contribution is 5.88. The minimum Gasteiger partial charge on any atom is -0.478 e. The molecule has 1 aromatic carbocycles. The Morgan fingerprint density at radius 1 is 1.41 bits per heavy atom. The average molecular weight is 237 g/mol. The minimum atomic E-state index is -0.973. The summed E-state index contributed by atoms with van der Waals surface area (Å²) in [5.41, 5.74) is 0.889. The standard InChI is InChI=1S/C12H15NO4/c1-2-17-11(14)6-7-13-10-5-3-4-9(8-10)12(15)16/h3-5,8,13H,2,6-7H2,1H3,(H,15,16). The number of benzene rings is 1. The van der Waals surface area contributed by atoms with Crippen molar-refractivity contribution in [3.63, 3.8) is 0 Å². The molecule has 0 aromatic heterocycles. The lowest BCUT2D eigenvalue weighted by Gasteiger charge is -2.06. The van der Waals surface area contributed by atoms with E-state index < -0.39 is 5.97 Å². The molecule has 0 saturated carbocycles. The van der Waals surface area contributed by atoms with E-state index in [1.54, 1.807) is 19.1 Å². The number of esters is 1. The largest absolute Gasteiger partial charge is 0.478 e. The lowest BCUT2D eigenvalue weighted by molar-refractivity contribution is -0.142. The SMILES string of the molecule is CCOC(=O)CCNc1cccc(C(=O)O)c1. The topological polar surface area (TPSA) is 75.6 Å². The molecular weight excluding hydrogens is 222 g/mol. The van der Waals surface area contributed by atoms with Crippen molar-refractivity contribution in [1.82, 2.24) is 0 Å². The first-order valence-electron chi connectivity index (χ1n) is 5.36. The van der Waals surface area contributed by atoms with Gasteiger partial charge in [-0.1, -0.05) is 6.07 Å². The van der Waals surface area contributed by atoms with Crippen LogP contribution in [0.4, 0.5) is 5.69 Å². The molecule has 1 aromatic rings. The van der Waals surface area contributed by atoms with Gasteiger partial charge in [0, 0.05) is 12.2 Å². The number of aromatic carboxylic acids is 1. The van der Waals surface area contributed by atoms with E-state index in [0.29, 0.717) is 18.8 Å². The van der Waals surface area contributed by atoms with E-state index in [0.717, 1.165) is 0 Å². The number of carbonyl (C=O) groups excluding carboxylic acids is 1. The van der Waals surface area contributed by atoms with E-state index in [1.165, 1.54) is 12.1 Å². The van der Waals surface area contributed by atoms with E-state index in [1.807, 2.05) is 0 Å². The third kappa shape index (κ3) is 4.55. The number of rotatable bonds is 6. The van der Waals surface area contributed by atoms with Crippen LogP contribution in [0.1, 0.15) is 23.7 Å². The number of hydrogen-bond donors (Lipinski definition) is 2. The summed E-state index contributed by atoms with van der Waals surface area (Å²) < 4.78 is 4.77. The first kappa shape index (κ1) is 13.0. The van der Waals surface area contributed by atoms with Crippen LogP contribution in [0.2, 0.25) is 0 Å². The Morgan fingerprint density at radius 2 is 2.18 bits per heavy atom. The second-order valence-corrected chi connectivity index (χ2v) is 3.37. The molecule has 5 heteroatoms. The number of carboxylic acid groups (broad SMARTS) is 1. The molecule has 5 nitrogen and oxygen atoms in total. The summed E-state index contributed by atoms with van der Waals surface area (Å²) in [5, 5.41) is 11.8. The van der Waals surface area contributed by atoms with Crippen LogP contribution in [0, 0.1) is 0 Å².